The van der Waals surface area contributed by atoms with E-state index in [0.29, 0.717) is 11.6 Å². The van der Waals surface area contributed by atoms with E-state index >= 15 is 0 Å². The van der Waals surface area contributed by atoms with Gasteiger partial charge in [-0.15, -0.1) is 0 Å². The number of aromatic nitrogens is 3. The van der Waals surface area contributed by atoms with Gasteiger partial charge >= 0.3 is 0 Å². The average molecular weight is 235 g/mol. The van der Waals surface area contributed by atoms with Crippen LogP contribution in [0, 0.1) is 6.39 Å². The molecule has 0 fully saturated rings. The first-order chi connectivity index (χ1) is 5.47. The Labute approximate surface area is 94.3 Å². The number of hydrogen-bond acceptors (Lipinski definition) is 4. The fourth-order valence-corrected chi connectivity index (χ4v) is 0.743. The molecule has 57 valence electrons. The smallest absolute Gasteiger partial charge is 0.105 e. The van der Waals surface area contributed by atoms with Gasteiger partial charge in [0, 0.05) is 44.6 Å². The second-order valence-electron chi connectivity index (χ2n) is 1.91. The van der Waals surface area contributed by atoms with Crippen molar-refractivity contribution < 1.29 is 37.1 Å². The van der Waals surface area contributed by atoms with Gasteiger partial charge in [0.25, 0.3) is 0 Å². The summed E-state index contributed by atoms with van der Waals surface area (Å²) in [5.41, 5.74) is 0.668. The molecule has 0 saturated heterocycles. The van der Waals surface area contributed by atoms with Crippen molar-refractivity contribution in [1.29, 1.82) is 0 Å². The first-order valence-corrected chi connectivity index (χ1v) is 3.08. The largest absolute Gasteiger partial charge is 0.608 e. The minimum atomic E-state index is 0. The van der Waals surface area contributed by atoms with Crippen LogP contribution in [0.25, 0.3) is 11.6 Å². The van der Waals surface area contributed by atoms with Crippen LogP contribution < -0.4 is 0 Å². The topological polar surface area (TPSA) is 51.8 Å². The summed E-state index contributed by atoms with van der Waals surface area (Å²) in [6.45, 7) is 0. The monoisotopic (exact) mass is 235 g/mol. The van der Waals surface area contributed by atoms with Gasteiger partial charge in [-0.05, 0) is 12.1 Å². The normalized spacial score (nSPS) is 9.00. The van der Waals surface area contributed by atoms with Crippen LogP contribution in [0.1, 0.15) is 0 Å². The van der Waals surface area contributed by atoms with E-state index < -0.39 is 0 Å². The third-order valence-corrected chi connectivity index (χ3v) is 1.21. The van der Waals surface area contributed by atoms with Gasteiger partial charge in [0.1, 0.15) is 5.89 Å². The van der Waals surface area contributed by atoms with E-state index in [1.165, 1.54) is 0 Å². The van der Waals surface area contributed by atoms with E-state index in [2.05, 4.69) is 21.6 Å². The Bertz CT molecular complexity index is 322. The summed E-state index contributed by atoms with van der Waals surface area (Å²) in [5.74, 6) is 0.394. The summed E-state index contributed by atoms with van der Waals surface area (Å²) >= 11 is 0. The van der Waals surface area contributed by atoms with E-state index in [9.17, 15) is 0 Å². The van der Waals surface area contributed by atoms with Crippen LogP contribution in [0.5, 0.6) is 0 Å². The van der Waals surface area contributed by atoms with Crippen molar-refractivity contribution in [1.82, 2.24) is 15.2 Å². The molecule has 0 aliphatic carbocycles. The number of hydrogen-bond donors (Lipinski definition) is 0. The molecular weight excluding hydrogens is 231 g/mol. The molecule has 2 rings (SSSR count). The molecule has 0 aromatic carbocycles. The Morgan fingerprint density at radius 2 is 2.25 bits per heavy atom. The van der Waals surface area contributed by atoms with Crippen molar-refractivity contribution in [3.63, 3.8) is 0 Å². The van der Waals surface area contributed by atoms with Crippen molar-refractivity contribution in [2.24, 2.45) is 0 Å². The molecule has 12 heavy (non-hydrogen) atoms. The third kappa shape index (κ3) is 1.96. The minimum Gasteiger partial charge on any atom is -0.608 e. The second-order valence-corrected chi connectivity index (χ2v) is 1.91. The summed E-state index contributed by atoms with van der Waals surface area (Å²) in [6.07, 6.45) is 3.92. The fourth-order valence-electron chi connectivity index (χ4n) is 0.743. The fraction of sp³-hybridized carbons (Fsp3) is 0. The standard InChI is InChI=1S/C7H4N3O.Y/c1-2-4-8-6(3-1)7-10-9-5-11-7;/h1-4H;/q-1;. The zero-order valence-corrected chi connectivity index (χ0v) is 8.97. The Morgan fingerprint density at radius 1 is 1.33 bits per heavy atom. The molecule has 0 saturated carbocycles. The van der Waals surface area contributed by atoms with Crippen LogP contribution in [0.3, 0.4) is 0 Å². The predicted octanol–water partition coefficient (Wildman–Crippen LogP) is 0.929. The molecule has 5 heteroatoms. The van der Waals surface area contributed by atoms with Gasteiger partial charge < -0.3 is 4.42 Å². The van der Waals surface area contributed by atoms with E-state index in [1.54, 1.807) is 12.3 Å². The number of pyridine rings is 1. The van der Waals surface area contributed by atoms with Gasteiger partial charge in [0.05, 0.1) is 6.39 Å². The van der Waals surface area contributed by atoms with E-state index in [1.807, 2.05) is 12.1 Å². The van der Waals surface area contributed by atoms with Gasteiger partial charge in [0.15, 0.2) is 0 Å². The van der Waals surface area contributed by atoms with Crippen LogP contribution in [0.15, 0.2) is 28.8 Å². The Kier molecular flexibility index (Phi) is 3.50. The minimum absolute atomic E-state index is 0. The van der Waals surface area contributed by atoms with Gasteiger partial charge in [-0.25, -0.2) is 10.2 Å². The second kappa shape index (κ2) is 4.43. The summed E-state index contributed by atoms with van der Waals surface area (Å²) in [7, 11) is 0. The zero-order chi connectivity index (χ0) is 7.52. The number of nitrogens with zero attached hydrogens (tertiary/aromatic N) is 3. The molecule has 2 heterocycles. The summed E-state index contributed by atoms with van der Waals surface area (Å²) in [5, 5.41) is 7.07. The maximum atomic E-state index is 4.81. The molecule has 0 spiro atoms. The SMILES string of the molecule is [Y].[c-]1nnc(-c2ccccn2)o1. The van der Waals surface area contributed by atoms with E-state index in [0.717, 1.165) is 0 Å². The molecule has 4 nitrogen and oxygen atoms in total. The molecule has 0 amide bonds. The van der Waals surface area contributed by atoms with Gasteiger partial charge in [-0.2, -0.15) is 0 Å². The number of rotatable bonds is 1. The van der Waals surface area contributed by atoms with Crippen molar-refractivity contribution >= 4 is 0 Å². The Morgan fingerprint density at radius 3 is 2.83 bits per heavy atom. The van der Waals surface area contributed by atoms with E-state index in [4.69, 9.17) is 4.42 Å². The zero-order valence-electron chi connectivity index (χ0n) is 6.14. The van der Waals surface area contributed by atoms with E-state index in [-0.39, 0.29) is 32.7 Å². The summed E-state index contributed by atoms with van der Waals surface area (Å²) < 4.78 is 4.81. The molecule has 0 atom stereocenters. The maximum Gasteiger partial charge on any atom is 0.105 e. The van der Waals surface area contributed by atoms with Crippen LogP contribution in [-0.4, -0.2) is 15.2 Å². The van der Waals surface area contributed by atoms with Crippen molar-refractivity contribution in [2.45, 2.75) is 0 Å². The van der Waals surface area contributed by atoms with Gasteiger partial charge in [-0.3, -0.25) is 4.98 Å². The van der Waals surface area contributed by atoms with Gasteiger partial charge in [0.2, 0.25) is 0 Å². The quantitative estimate of drug-likeness (QED) is 0.690. The van der Waals surface area contributed by atoms with Crippen molar-refractivity contribution in [3.8, 4) is 11.6 Å². The predicted molar refractivity (Wildman–Crippen MR) is 36.4 cm³/mol. The molecule has 2 aromatic rings. The molecule has 0 unspecified atom stereocenters. The first kappa shape index (κ1) is 9.48. The average Bonchev–Trinajstić information content (AvgIpc) is 2.58. The van der Waals surface area contributed by atoms with Gasteiger partial charge in [-0.1, -0.05) is 6.07 Å². The molecule has 0 N–H and O–H groups in total. The summed E-state index contributed by atoms with van der Waals surface area (Å²) in [6, 6.07) is 5.47. The maximum absolute atomic E-state index is 4.81. The molecule has 0 bridgehead atoms. The van der Waals surface area contributed by atoms with Crippen LogP contribution >= 0.6 is 0 Å². The first-order valence-electron chi connectivity index (χ1n) is 3.08. The molecule has 1 radical (unpaired) electrons. The van der Waals surface area contributed by atoms with Crippen LogP contribution in [0.2, 0.25) is 0 Å². The summed E-state index contributed by atoms with van der Waals surface area (Å²) in [4.78, 5) is 4.00. The Balaban J connectivity index is 0.000000720. The molecule has 2 aromatic heterocycles. The Hall–Kier alpha value is -0.606. The van der Waals surface area contributed by atoms with Crippen molar-refractivity contribution in [3.05, 3.63) is 30.8 Å². The molecule has 0 aliphatic rings. The third-order valence-electron chi connectivity index (χ3n) is 1.21. The van der Waals surface area contributed by atoms with Crippen molar-refractivity contribution in [2.75, 3.05) is 0 Å². The molecule has 0 aliphatic heterocycles. The molecular formula is C7H4N3OY-. The van der Waals surface area contributed by atoms with Crippen LogP contribution in [0.4, 0.5) is 0 Å². The van der Waals surface area contributed by atoms with Crippen LogP contribution in [-0.2, 0) is 32.7 Å².